The summed E-state index contributed by atoms with van der Waals surface area (Å²) in [7, 11) is 6.03. The van der Waals surface area contributed by atoms with Gasteiger partial charge in [-0.05, 0) is 25.9 Å². The summed E-state index contributed by atoms with van der Waals surface area (Å²) in [5.41, 5.74) is 0.242. The van der Waals surface area contributed by atoms with E-state index >= 15 is 0 Å². The molecular formula is C13H30N4. The van der Waals surface area contributed by atoms with Gasteiger partial charge in [0, 0.05) is 26.7 Å². The van der Waals surface area contributed by atoms with Crippen molar-refractivity contribution in [3.05, 3.63) is 0 Å². The largest absolute Gasteiger partial charge is 0.356 e. The second kappa shape index (κ2) is 8.34. The van der Waals surface area contributed by atoms with Crippen LogP contribution in [0.3, 0.4) is 0 Å². The average Bonchev–Trinajstić information content (AvgIpc) is 2.21. The van der Waals surface area contributed by atoms with E-state index in [0.717, 1.165) is 25.6 Å². The number of guanidine groups is 1. The Hall–Kier alpha value is -0.770. The van der Waals surface area contributed by atoms with Gasteiger partial charge in [-0.25, -0.2) is 0 Å². The maximum absolute atomic E-state index is 4.22. The Morgan fingerprint density at radius 2 is 1.88 bits per heavy atom. The van der Waals surface area contributed by atoms with Crippen molar-refractivity contribution in [1.82, 2.24) is 15.5 Å². The van der Waals surface area contributed by atoms with Crippen LogP contribution in [0.1, 0.15) is 33.6 Å². The third-order valence-electron chi connectivity index (χ3n) is 2.53. The van der Waals surface area contributed by atoms with Crippen molar-refractivity contribution in [2.75, 3.05) is 40.8 Å². The molecule has 0 unspecified atom stereocenters. The molecule has 4 nitrogen and oxygen atoms in total. The number of nitrogens with one attached hydrogen (secondary N) is 2. The molecule has 2 N–H and O–H groups in total. The summed E-state index contributed by atoms with van der Waals surface area (Å²) >= 11 is 0. The standard InChI is InChI=1S/C13H30N4/c1-7-8-9-15-12(14-4)16-10-13(2,3)11-17(5)6/h7-11H2,1-6H3,(H2,14,15,16). The Kier molecular flexibility index (Phi) is 7.96. The van der Waals surface area contributed by atoms with Crippen molar-refractivity contribution >= 4 is 5.96 Å². The van der Waals surface area contributed by atoms with Crippen LogP contribution in [0, 0.1) is 5.41 Å². The summed E-state index contributed by atoms with van der Waals surface area (Å²) in [6.07, 6.45) is 2.39. The van der Waals surface area contributed by atoms with Gasteiger partial charge in [0.05, 0.1) is 0 Å². The fraction of sp³-hybridized carbons (Fsp3) is 0.923. The van der Waals surface area contributed by atoms with Gasteiger partial charge in [0.15, 0.2) is 5.96 Å². The highest BCUT2D eigenvalue weighted by molar-refractivity contribution is 5.79. The van der Waals surface area contributed by atoms with E-state index in [0.29, 0.717) is 0 Å². The number of rotatable bonds is 7. The number of aliphatic imine (C=N–C) groups is 1. The first-order valence-corrected chi connectivity index (χ1v) is 6.50. The van der Waals surface area contributed by atoms with E-state index in [1.54, 1.807) is 0 Å². The van der Waals surface area contributed by atoms with Crippen molar-refractivity contribution < 1.29 is 0 Å². The van der Waals surface area contributed by atoms with Crippen LogP contribution in [0.25, 0.3) is 0 Å². The zero-order chi connectivity index (χ0) is 13.3. The molecule has 0 aliphatic carbocycles. The van der Waals surface area contributed by atoms with Gasteiger partial charge in [-0.3, -0.25) is 4.99 Å². The number of nitrogens with zero attached hydrogens (tertiary/aromatic N) is 2. The molecule has 0 aromatic rings. The minimum Gasteiger partial charge on any atom is -0.356 e. The molecular weight excluding hydrogens is 212 g/mol. The zero-order valence-corrected chi connectivity index (χ0v) is 12.4. The fourth-order valence-electron chi connectivity index (χ4n) is 1.84. The first kappa shape index (κ1) is 16.2. The van der Waals surface area contributed by atoms with E-state index in [1.807, 2.05) is 7.05 Å². The van der Waals surface area contributed by atoms with E-state index in [9.17, 15) is 0 Å². The van der Waals surface area contributed by atoms with Crippen LogP contribution in [0.5, 0.6) is 0 Å². The molecule has 0 spiro atoms. The molecule has 17 heavy (non-hydrogen) atoms. The van der Waals surface area contributed by atoms with Crippen LogP contribution in [0.15, 0.2) is 4.99 Å². The van der Waals surface area contributed by atoms with Gasteiger partial charge in [-0.2, -0.15) is 0 Å². The van der Waals surface area contributed by atoms with Crippen LogP contribution in [-0.2, 0) is 0 Å². The van der Waals surface area contributed by atoms with Gasteiger partial charge < -0.3 is 15.5 Å². The molecule has 0 atom stereocenters. The average molecular weight is 242 g/mol. The molecule has 102 valence electrons. The van der Waals surface area contributed by atoms with E-state index < -0.39 is 0 Å². The van der Waals surface area contributed by atoms with Crippen LogP contribution >= 0.6 is 0 Å². The van der Waals surface area contributed by atoms with Gasteiger partial charge in [-0.15, -0.1) is 0 Å². The van der Waals surface area contributed by atoms with Crippen LogP contribution in [0.4, 0.5) is 0 Å². The van der Waals surface area contributed by atoms with E-state index in [4.69, 9.17) is 0 Å². The van der Waals surface area contributed by atoms with Crippen molar-refractivity contribution in [3.63, 3.8) is 0 Å². The molecule has 0 radical (unpaired) electrons. The molecule has 0 aliphatic rings. The second-order valence-electron chi connectivity index (χ2n) is 5.61. The highest BCUT2D eigenvalue weighted by Gasteiger charge is 2.18. The molecule has 0 saturated heterocycles. The summed E-state index contributed by atoms with van der Waals surface area (Å²) in [4.78, 5) is 6.44. The first-order chi connectivity index (χ1) is 7.91. The van der Waals surface area contributed by atoms with Gasteiger partial charge in [0.25, 0.3) is 0 Å². The van der Waals surface area contributed by atoms with E-state index in [2.05, 4.69) is 55.4 Å². The summed E-state index contributed by atoms with van der Waals surface area (Å²) in [5.74, 6) is 0.908. The quantitative estimate of drug-likeness (QED) is 0.404. The molecule has 0 fully saturated rings. The summed E-state index contributed by atoms with van der Waals surface area (Å²) in [5, 5.41) is 6.71. The number of hydrogen-bond donors (Lipinski definition) is 2. The predicted octanol–water partition coefficient (Wildman–Crippen LogP) is 1.54. The lowest BCUT2D eigenvalue weighted by Gasteiger charge is -2.29. The molecule has 0 aliphatic heterocycles. The van der Waals surface area contributed by atoms with Gasteiger partial charge in [0.1, 0.15) is 0 Å². The summed E-state index contributed by atoms with van der Waals surface area (Å²) < 4.78 is 0. The van der Waals surface area contributed by atoms with E-state index in [-0.39, 0.29) is 5.41 Å². The SMILES string of the molecule is CCCCNC(=NC)NCC(C)(C)CN(C)C. The highest BCUT2D eigenvalue weighted by atomic mass is 15.2. The fourth-order valence-corrected chi connectivity index (χ4v) is 1.84. The first-order valence-electron chi connectivity index (χ1n) is 6.50. The monoisotopic (exact) mass is 242 g/mol. The molecule has 4 heteroatoms. The molecule has 0 heterocycles. The molecule has 0 aromatic heterocycles. The maximum atomic E-state index is 4.22. The number of hydrogen-bond acceptors (Lipinski definition) is 2. The minimum atomic E-state index is 0.242. The third kappa shape index (κ3) is 8.98. The van der Waals surface area contributed by atoms with Crippen molar-refractivity contribution in [1.29, 1.82) is 0 Å². The molecule has 0 bridgehead atoms. The highest BCUT2D eigenvalue weighted by Crippen LogP contribution is 2.13. The van der Waals surface area contributed by atoms with Gasteiger partial charge >= 0.3 is 0 Å². The minimum absolute atomic E-state index is 0.242. The van der Waals surface area contributed by atoms with Crippen LogP contribution in [0.2, 0.25) is 0 Å². The third-order valence-corrected chi connectivity index (χ3v) is 2.53. The zero-order valence-electron chi connectivity index (χ0n) is 12.4. The lowest BCUT2D eigenvalue weighted by atomic mass is 9.93. The Morgan fingerprint density at radius 3 is 2.35 bits per heavy atom. The Labute approximate surface area is 107 Å². The Balaban J connectivity index is 3.97. The molecule has 0 saturated carbocycles. The molecule has 0 amide bonds. The molecule has 0 aromatic carbocycles. The van der Waals surface area contributed by atoms with Gasteiger partial charge in [0.2, 0.25) is 0 Å². The lowest BCUT2D eigenvalue weighted by molar-refractivity contribution is 0.241. The second-order valence-corrected chi connectivity index (χ2v) is 5.61. The van der Waals surface area contributed by atoms with Crippen LogP contribution < -0.4 is 10.6 Å². The topological polar surface area (TPSA) is 39.7 Å². The Bertz CT molecular complexity index is 221. The normalized spacial score (nSPS) is 13.0. The van der Waals surface area contributed by atoms with Gasteiger partial charge in [-0.1, -0.05) is 27.2 Å². The van der Waals surface area contributed by atoms with Crippen molar-refractivity contribution in [3.8, 4) is 0 Å². The van der Waals surface area contributed by atoms with Crippen LogP contribution in [-0.4, -0.2) is 51.6 Å². The van der Waals surface area contributed by atoms with E-state index in [1.165, 1.54) is 12.8 Å². The lowest BCUT2D eigenvalue weighted by Crippen LogP contribution is -2.45. The summed E-state index contributed by atoms with van der Waals surface area (Å²) in [6.45, 7) is 9.70. The number of unbranched alkanes of at least 4 members (excludes halogenated alkanes) is 1. The predicted molar refractivity (Wildman–Crippen MR) is 76.6 cm³/mol. The maximum Gasteiger partial charge on any atom is 0.190 e. The molecule has 0 rings (SSSR count). The van der Waals surface area contributed by atoms with Crippen molar-refractivity contribution in [2.45, 2.75) is 33.6 Å². The summed E-state index contributed by atoms with van der Waals surface area (Å²) in [6, 6.07) is 0. The Morgan fingerprint density at radius 1 is 1.24 bits per heavy atom. The smallest absolute Gasteiger partial charge is 0.190 e. The van der Waals surface area contributed by atoms with Crippen molar-refractivity contribution in [2.24, 2.45) is 10.4 Å².